The van der Waals surface area contributed by atoms with E-state index in [0.717, 1.165) is 11.6 Å². The molecule has 2 rings (SSSR count). The van der Waals surface area contributed by atoms with Crippen LogP contribution in [-0.2, 0) is 4.74 Å². The molecule has 0 atom stereocenters. The molecule has 0 amide bonds. The molecule has 5 nitrogen and oxygen atoms in total. The fourth-order valence-electron chi connectivity index (χ4n) is 1.71. The number of nitrogens with zero attached hydrogens (tertiary/aromatic N) is 2. The molecule has 0 saturated carbocycles. The fraction of sp³-hybridized carbons (Fsp3) is 0.308. The maximum absolute atomic E-state index is 6.02. The first-order chi connectivity index (χ1) is 9.26. The maximum atomic E-state index is 6.02. The minimum absolute atomic E-state index is 0.584. The fourth-order valence-corrected chi connectivity index (χ4v) is 1.90. The van der Waals surface area contributed by atoms with Gasteiger partial charge >= 0.3 is 0 Å². The SMILES string of the molecule is COCCNc1nccn1-c1ccc(Cl)c(OC)c1. The maximum Gasteiger partial charge on any atom is 0.207 e. The molecule has 0 unspecified atom stereocenters. The number of imidazole rings is 1. The van der Waals surface area contributed by atoms with E-state index in [1.165, 1.54) is 0 Å². The average Bonchev–Trinajstić information content (AvgIpc) is 2.88. The molecule has 1 aromatic heterocycles. The zero-order valence-electron chi connectivity index (χ0n) is 10.9. The van der Waals surface area contributed by atoms with Crippen molar-refractivity contribution in [3.8, 4) is 11.4 Å². The van der Waals surface area contributed by atoms with Crippen LogP contribution in [0.5, 0.6) is 5.75 Å². The Labute approximate surface area is 117 Å². The number of ether oxygens (including phenoxy) is 2. The number of methoxy groups -OCH3 is 2. The Morgan fingerprint density at radius 3 is 2.95 bits per heavy atom. The lowest BCUT2D eigenvalue weighted by Gasteiger charge is -2.11. The monoisotopic (exact) mass is 281 g/mol. The highest BCUT2D eigenvalue weighted by Gasteiger charge is 2.07. The van der Waals surface area contributed by atoms with Crippen molar-refractivity contribution >= 4 is 17.5 Å². The summed E-state index contributed by atoms with van der Waals surface area (Å²) in [6, 6.07) is 5.58. The van der Waals surface area contributed by atoms with E-state index in [0.29, 0.717) is 23.9 Å². The van der Waals surface area contributed by atoms with Crippen molar-refractivity contribution in [2.75, 3.05) is 32.7 Å². The van der Waals surface area contributed by atoms with Gasteiger partial charge in [0.15, 0.2) is 0 Å². The second-order valence-electron chi connectivity index (χ2n) is 3.86. The Bertz CT molecular complexity index is 542. The summed E-state index contributed by atoms with van der Waals surface area (Å²) in [5.41, 5.74) is 0.929. The van der Waals surface area contributed by atoms with Crippen LogP contribution in [0, 0.1) is 0 Å². The summed E-state index contributed by atoms with van der Waals surface area (Å²) in [6.07, 6.45) is 3.61. The van der Waals surface area contributed by atoms with Crippen LogP contribution in [0.4, 0.5) is 5.95 Å². The smallest absolute Gasteiger partial charge is 0.207 e. The van der Waals surface area contributed by atoms with E-state index in [4.69, 9.17) is 21.1 Å². The van der Waals surface area contributed by atoms with Gasteiger partial charge in [0.25, 0.3) is 0 Å². The van der Waals surface area contributed by atoms with Crippen LogP contribution in [0.25, 0.3) is 5.69 Å². The van der Waals surface area contributed by atoms with Gasteiger partial charge < -0.3 is 14.8 Å². The average molecular weight is 282 g/mol. The van der Waals surface area contributed by atoms with Crippen molar-refractivity contribution in [2.24, 2.45) is 0 Å². The molecule has 0 radical (unpaired) electrons. The molecule has 2 aromatic rings. The Kier molecular flexibility index (Phi) is 4.65. The number of anilines is 1. The van der Waals surface area contributed by atoms with Crippen LogP contribution in [-0.4, -0.2) is 36.9 Å². The lowest BCUT2D eigenvalue weighted by Crippen LogP contribution is -2.11. The zero-order valence-corrected chi connectivity index (χ0v) is 11.6. The first kappa shape index (κ1) is 13.7. The third-order valence-corrected chi connectivity index (χ3v) is 2.96. The van der Waals surface area contributed by atoms with Gasteiger partial charge in [-0.2, -0.15) is 0 Å². The molecule has 0 aliphatic heterocycles. The zero-order chi connectivity index (χ0) is 13.7. The van der Waals surface area contributed by atoms with Gasteiger partial charge in [0.2, 0.25) is 5.95 Å². The topological polar surface area (TPSA) is 48.3 Å². The molecule has 6 heteroatoms. The van der Waals surface area contributed by atoms with E-state index < -0.39 is 0 Å². The predicted octanol–water partition coefficient (Wildman–Crippen LogP) is 2.59. The van der Waals surface area contributed by atoms with Crippen molar-refractivity contribution in [3.63, 3.8) is 0 Å². The highest BCUT2D eigenvalue weighted by Crippen LogP contribution is 2.27. The summed E-state index contributed by atoms with van der Waals surface area (Å²) in [7, 11) is 3.26. The summed E-state index contributed by atoms with van der Waals surface area (Å²) in [4.78, 5) is 4.26. The summed E-state index contributed by atoms with van der Waals surface area (Å²) >= 11 is 6.02. The molecular weight excluding hydrogens is 266 g/mol. The molecule has 0 spiro atoms. The first-order valence-corrected chi connectivity index (χ1v) is 6.24. The molecule has 19 heavy (non-hydrogen) atoms. The van der Waals surface area contributed by atoms with E-state index in [1.54, 1.807) is 26.5 Å². The van der Waals surface area contributed by atoms with Gasteiger partial charge in [-0.15, -0.1) is 0 Å². The standard InChI is InChI=1S/C13H16ClN3O2/c1-18-8-6-16-13-15-5-7-17(13)10-3-4-11(14)12(9-10)19-2/h3-5,7,9H,6,8H2,1-2H3,(H,15,16). The number of aromatic nitrogens is 2. The molecule has 0 bridgehead atoms. The summed E-state index contributed by atoms with van der Waals surface area (Å²) in [5.74, 6) is 1.39. The number of hydrogen-bond acceptors (Lipinski definition) is 4. The minimum Gasteiger partial charge on any atom is -0.495 e. The Morgan fingerprint density at radius 1 is 1.37 bits per heavy atom. The summed E-state index contributed by atoms with van der Waals surface area (Å²) in [5, 5.41) is 3.78. The van der Waals surface area contributed by atoms with Crippen LogP contribution in [0.3, 0.4) is 0 Å². The van der Waals surface area contributed by atoms with E-state index in [9.17, 15) is 0 Å². The lowest BCUT2D eigenvalue weighted by atomic mass is 10.3. The quantitative estimate of drug-likeness (QED) is 0.827. The van der Waals surface area contributed by atoms with Crippen molar-refractivity contribution in [1.82, 2.24) is 9.55 Å². The summed E-state index contributed by atoms with van der Waals surface area (Å²) < 4.78 is 12.1. The van der Waals surface area contributed by atoms with Gasteiger partial charge in [-0.3, -0.25) is 4.57 Å². The summed E-state index contributed by atoms with van der Waals surface area (Å²) in [6.45, 7) is 1.31. The highest BCUT2D eigenvalue weighted by molar-refractivity contribution is 6.32. The van der Waals surface area contributed by atoms with Crippen LogP contribution in [0.15, 0.2) is 30.6 Å². The number of rotatable bonds is 6. The number of halogens is 1. The van der Waals surface area contributed by atoms with Gasteiger partial charge in [0, 0.05) is 32.1 Å². The highest BCUT2D eigenvalue weighted by atomic mass is 35.5. The van der Waals surface area contributed by atoms with E-state index >= 15 is 0 Å². The third-order valence-electron chi connectivity index (χ3n) is 2.64. The minimum atomic E-state index is 0.584. The van der Waals surface area contributed by atoms with E-state index in [1.807, 2.05) is 22.9 Å². The molecule has 1 N–H and O–H groups in total. The predicted molar refractivity (Wildman–Crippen MR) is 75.5 cm³/mol. The molecule has 0 fully saturated rings. The van der Waals surface area contributed by atoms with Gasteiger partial charge in [0.05, 0.1) is 24.4 Å². The number of hydrogen-bond donors (Lipinski definition) is 1. The second-order valence-corrected chi connectivity index (χ2v) is 4.27. The normalized spacial score (nSPS) is 10.5. The third kappa shape index (κ3) is 3.19. The molecule has 1 heterocycles. The van der Waals surface area contributed by atoms with Crippen LogP contribution < -0.4 is 10.1 Å². The van der Waals surface area contributed by atoms with E-state index in [2.05, 4.69) is 10.3 Å². The Hall–Kier alpha value is -1.72. The van der Waals surface area contributed by atoms with Crippen LogP contribution >= 0.6 is 11.6 Å². The van der Waals surface area contributed by atoms with Crippen molar-refractivity contribution in [3.05, 3.63) is 35.6 Å². The lowest BCUT2D eigenvalue weighted by molar-refractivity contribution is 0.210. The van der Waals surface area contributed by atoms with Crippen LogP contribution in [0.1, 0.15) is 0 Å². The number of nitrogens with one attached hydrogen (secondary N) is 1. The van der Waals surface area contributed by atoms with Gasteiger partial charge in [-0.1, -0.05) is 11.6 Å². The first-order valence-electron chi connectivity index (χ1n) is 5.86. The molecule has 1 aromatic carbocycles. The molecule has 102 valence electrons. The second kappa shape index (κ2) is 6.45. The van der Waals surface area contributed by atoms with Crippen LogP contribution in [0.2, 0.25) is 5.02 Å². The van der Waals surface area contributed by atoms with Gasteiger partial charge in [0.1, 0.15) is 5.75 Å². The Morgan fingerprint density at radius 2 is 2.21 bits per heavy atom. The van der Waals surface area contributed by atoms with Gasteiger partial charge in [-0.25, -0.2) is 4.98 Å². The Balaban J connectivity index is 2.24. The molecular formula is C13H16ClN3O2. The number of benzene rings is 1. The van der Waals surface area contributed by atoms with Crippen molar-refractivity contribution in [2.45, 2.75) is 0 Å². The molecule has 0 aliphatic carbocycles. The van der Waals surface area contributed by atoms with E-state index in [-0.39, 0.29) is 0 Å². The molecule has 0 aliphatic rings. The van der Waals surface area contributed by atoms with Crippen molar-refractivity contribution < 1.29 is 9.47 Å². The largest absolute Gasteiger partial charge is 0.495 e. The van der Waals surface area contributed by atoms with Crippen molar-refractivity contribution in [1.29, 1.82) is 0 Å². The van der Waals surface area contributed by atoms with Gasteiger partial charge in [-0.05, 0) is 12.1 Å². The molecule has 0 saturated heterocycles.